The number of carbonyl (C=O) groups is 1. The van der Waals surface area contributed by atoms with E-state index in [1.54, 1.807) is 0 Å². The van der Waals surface area contributed by atoms with Crippen LogP contribution in [-0.2, 0) is 4.79 Å². The third-order valence-corrected chi connectivity index (χ3v) is 5.84. The van der Waals surface area contributed by atoms with Gasteiger partial charge in [0.05, 0.1) is 0 Å². The molecule has 4 aliphatic rings. The maximum atomic E-state index is 12.4. The van der Waals surface area contributed by atoms with Gasteiger partial charge in [-0.05, 0) is 43.9 Å². The predicted molar refractivity (Wildman–Crippen MR) is 61.9 cm³/mol. The Morgan fingerprint density at radius 2 is 1.94 bits per heavy atom. The number of hydrogen-bond donors (Lipinski definition) is 0. The van der Waals surface area contributed by atoms with E-state index in [-0.39, 0.29) is 0 Å². The van der Waals surface area contributed by atoms with E-state index < -0.39 is 0 Å². The van der Waals surface area contributed by atoms with Gasteiger partial charge in [-0.1, -0.05) is 19.3 Å². The Balaban J connectivity index is 1.40. The average Bonchev–Trinajstić information content (AvgIpc) is 2.75. The Labute approximate surface area is 97.4 Å². The Kier molecular flexibility index (Phi) is 1.79. The number of nitrogens with zero attached hydrogens (tertiary/aromatic N) is 1. The molecule has 0 unspecified atom stereocenters. The van der Waals surface area contributed by atoms with Crippen molar-refractivity contribution in [3.8, 4) is 0 Å². The Morgan fingerprint density at radius 3 is 2.38 bits per heavy atom. The van der Waals surface area contributed by atoms with Crippen LogP contribution in [-0.4, -0.2) is 22.9 Å². The van der Waals surface area contributed by atoms with Crippen LogP contribution in [0.15, 0.2) is 0 Å². The van der Waals surface area contributed by atoms with Gasteiger partial charge >= 0.3 is 0 Å². The molecule has 1 heterocycles. The van der Waals surface area contributed by atoms with E-state index in [1.807, 2.05) is 0 Å². The fraction of sp³-hybridized carbons (Fsp3) is 0.929. The summed E-state index contributed by atoms with van der Waals surface area (Å²) in [6.07, 6.45) is 10.7. The van der Waals surface area contributed by atoms with Gasteiger partial charge in [0.25, 0.3) is 0 Å². The van der Waals surface area contributed by atoms with E-state index in [9.17, 15) is 4.79 Å². The van der Waals surface area contributed by atoms with Gasteiger partial charge in [-0.15, -0.1) is 0 Å². The van der Waals surface area contributed by atoms with Crippen LogP contribution in [0.4, 0.5) is 0 Å². The van der Waals surface area contributed by atoms with E-state index in [0.29, 0.717) is 17.4 Å². The summed E-state index contributed by atoms with van der Waals surface area (Å²) in [5.41, 5.74) is 0.379. The first kappa shape index (κ1) is 9.49. The molecule has 88 valence electrons. The molecule has 1 aliphatic heterocycles. The Hall–Kier alpha value is -0.530. The zero-order valence-electron chi connectivity index (χ0n) is 9.95. The topological polar surface area (TPSA) is 20.3 Å². The molecule has 0 N–H and O–H groups in total. The van der Waals surface area contributed by atoms with Crippen molar-refractivity contribution in [1.29, 1.82) is 0 Å². The molecule has 1 saturated heterocycles. The lowest BCUT2D eigenvalue weighted by molar-refractivity contribution is -0.157. The SMILES string of the molecule is O=C([C@@H]1C[C@H]1C1CCC1)N1CCC12CCC2. The summed E-state index contributed by atoms with van der Waals surface area (Å²) in [7, 11) is 0. The van der Waals surface area contributed by atoms with Gasteiger partial charge in [0, 0.05) is 18.0 Å². The highest BCUT2D eigenvalue weighted by atomic mass is 16.2. The number of hydrogen-bond acceptors (Lipinski definition) is 1. The van der Waals surface area contributed by atoms with E-state index >= 15 is 0 Å². The zero-order chi connectivity index (χ0) is 10.8. The van der Waals surface area contributed by atoms with Gasteiger partial charge in [0.1, 0.15) is 0 Å². The largest absolute Gasteiger partial charge is 0.337 e. The summed E-state index contributed by atoms with van der Waals surface area (Å²) >= 11 is 0. The second-order valence-electron chi connectivity index (χ2n) is 6.51. The third-order valence-electron chi connectivity index (χ3n) is 5.84. The van der Waals surface area contributed by atoms with Crippen LogP contribution in [0, 0.1) is 17.8 Å². The molecule has 3 saturated carbocycles. The fourth-order valence-corrected chi connectivity index (χ4v) is 4.08. The fourth-order valence-electron chi connectivity index (χ4n) is 4.08. The minimum Gasteiger partial charge on any atom is -0.337 e. The molecule has 2 heteroatoms. The zero-order valence-corrected chi connectivity index (χ0v) is 9.95. The number of rotatable bonds is 2. The number of carbonyl (C=O) groups excluding carboxylic acids is 1. The van der Waals surface area contributed by atoms with Gasteiger partial charge in [0.2, 0.25) is 5.91 Å². The van der Waals surface area contributed by atoms with Crippen LogP contribution in [0.3, 0.4) is 0 Å². The van der Waals surface area contributed by atoms with Gasteiger partial charge in [-0.25, -0.2) is 0 Å². The van der Waals surface area contributed by atoms with Crippen LogP contribution in [0.5, 0.6) is 0 Å². The smallest absolute Gasteiger partial charge is 0.226 e. The molecule has 2 atom stereocenters. The summed E-state index contributed by atoms with van der Waals surface area (Å²) in [5.74, 6) is 2.69. The molecule has 4 fully saturated rings. The molecular weight excluding hydrogens is 198 g/mol. The van der Waals surface area contributed by atoms with Crippen molar-refractivity contribution in [3.05, 3.63) is 0 Å². The summed E-state index contributed by atoms with van der Waals surface area (Å²) in [4.78, 5) is 14.6. The van der Waals surface area contributed by atoms with Gasteiger partial charge in [-0.2, -0.15) is 0 Å². The van der Waals surface area contributed by atoms with Gasteiger partial charge in [0.15, 0.2) is 0 Å². The molecule has 3 aliphatic carbocycles. The van der Waals surface area contributed by atoms with Crippen LogP contribution in [0.2, 0.25) is 0 Å². The van der Waals surface area contributed by atoms with E-state index in [0.717, 1.165) is 18.4 Å². The minimum atomic E-state index is 0.379. The second-order valence-corrected chi connectivity index (χ2v) is 6.51. The lowest BCUT2D eigenvalue weighted by Gasteiger charge is -2.58. The molecule has 16 heavy (non-hydrogen) atoms. The second kappa shape index (κ2) is 3.02. The van der Waals surface area contributed by atoms with Crippen LogP contribution in [0.1, 0.15) is 51.4 Å². The van der Waals surface area contributed by atoms with Gasteiger partial charge in [-0.3, -0.25) is 4.79 Å². The lowest BCUT2D eigenvalue weighted by atomic mass is 9.67. The molecule has 0 aromatic carbocycles. The highest BCUT2D eigenvalue weighted by molar-refractivity contribution is 5.83. The maximum Gasteiger partial charge on any atom is 0.226 e. The number of likely N-dealkylation sites (tertiary alicyclic amines) is 1. The van der Waals surface area contributed by atoms with Crippen LogP contribution >= 0.6 is 0 Å². The maximum absolute atomic E-state index is 12.4. The molecule has 2 nitrogen and oxygen atoms in total. The van der Waals surface area contributed by atoms with E-state index in [1.165, 1.54) is 51.4 Å². The Morgan fingerprint density at radius 1 is 1.12 bits per heavy atom. The lowest BCUT2D eigenvalue weighted by Crippen LogP contribution is -2.66. The monoisotopic (exact) mass is 219 g/mol. The molecule has 0 radical (unpaired) electrons. The predicted octanol–water partition coefficient (Wildman–Crippen LogP) is 2.58. The molecule has 1 amide bonds. The quantitative estimate of drug-likeness (QED) is 0.699. The molecular formula is C14H21NO. The van der Waals surface area contributed by atoms with Crippen molar-refractivity contribution in [2.24, 2.45) is 17.8 Å². The van der Waals surface area contributed by atoms with Crippen molar-refractivity contribution in [1.82, 2.24) is 4.90 Å². The highest BCUT2D eigenvalue weighted by Gasteiger charge is 2.57. The molecule has 0 aromatic heterocycles. The molecule has 1 spiro atoms. The summed E-state index contributed by atoms with van der Waals surface area (Å²) in [5, 5.41) is 0. The van der Waals surface area contributed by atoms with Crippen molar-refractivity contribution in [3.63, 3.8) is 0 Å². The molecule has 4 rings (SSSR count). The van der Waals surface area contributed by atoms with E-state index in [2.05, 4.69) is 4.90 Å². The van der Waals surface area contributed by atoms with Crippen molar-refractivity contribution < 1.29 is 4.79 Å². The number of amides is 1. The molecule has 0 aromatic rings. The standard InChI is InChI=1S/C14H21NO/c16-13(12-9-11(12)10-3-1-4-10)15-8-7-14(15)5-2-6-14/h10-12H,1-9H2/t11-,12+/m0/s1. The molecule has 0 bridgehead atoms. The van der Waals surface area contributed by atoms with Crippen molar-refractivity contribution in [2.75, 3.05) is 6.54 Å². The average molecular weight is 219 g/mol. The minimum absolute atomic E-state index is 0.379. The van der Waals surface area contributed by atoms with E-state index in [4.69, 9.17) is 0 Å². The van der Waals surface area contributed by atoms with Gasteiger partial charge < -0.3 is 4.90 Å². The van der Waals surface area contributed by atoms with Crippen LogP contribution < -0.4 is 0 Å². The Bertz CT molecular complexity index is 324. The van der Waals surface area contributed by atoms with Crippen molar-refractivity contribution in [2.45, 2.75) is 56.9 Å². The third kappa shape index (κ3) is 1.11. The van der Waals surface area contributed by atoms with Crippen LogP contribution in [0.25, 0.3) is 0 Å². The first-order valence-electron chi connectivity index (χ1n) is 7.12. The summed E-state index contributed by atoms with van der Waals surface area (Å²) in [6, 6.07) is 0. The first-order chi connectivity index (χ1) is 7.80. The first-order valence-corrected chi connectivity index (χ1v) is 7.12. The summed E-state index contributed by atoms with van der Waals surface area (Å²) < 4.78 is 0. The normalized spacial score (nSPS) is 39.9. The highest BCUT2D eigenvalue weighted by Crippen LogP contribution is 2.55. The summed E-state index contributed by atoms with van der Waals surface area (Å²) in [6.45, 7) is 1.06. The van der Waals surface area contributed by atoms with Crippen molar-refractivity contribution >= 4 is 5.91 Å².